The minimum absolute atomic E-state index is 0.211. The lowest BCUT2D eigenvalue weighted by molar-refractivity contribution is 0.678. The van der Waals surface area contributed by atoms with Gasteiger partial charge in [-0.05, 0) is 25.0 Å². The number of rotatable bonds is 4. The molecule has 1 rings (SSSR count). The summed E-state index contributed by atoms with van der Waals surface area (Å²) in [4.78, 5) is 4.22. The van der Waals surface area contributed by atoms with Crippen LogP contribution in [0.4, 0.5) is 5.82 Å². The third-order valence-electron chi connectivity index (χ3n) is 1.98. The van der Waals surface area contributed by atoms with Crippen molar-refractivity contribution in [3.63, 3.8) is 0 Å². The number of hydrogen-bond donors (Lipinski definition) is 2. The standard InChI is InChI=1S/C10H17N3/c1-3-9(11)7-13-10-5-4-8(2)6-12-10/h4-6,9H,3,7,11H2,1-2H3,(H,12,13). The van der Waals surface area contributed by atoms with Gasteiger partial charge in [-0.3, -0.25) is 0 Å². The molecular weight excluding hydrogens is 162 g/mol. The fraction of sp³-hybridized carbons (Fsp3) is 0.500. The van der Waals surface area contributed by atoms with Gasteiger partial charge in [-0.25, -0.2) is 4.98 Å². The molecule has 1 atom stereocenters. The van der Waals surface area contributed by atoms with E-state index in [1.807, 2.05) is 25.3 Å². The van der Waals surface area contributed by atoms with Gasteiger partial charge in [-0.2, -0.15) is 0 Å². The molecule has 72 valence electrons. The lowest BCUT2D eigenvalue weighted by Crippen LogP contribution is -2.28. The van der Waals surface area contributed by atoms with Gasteiger partial charge in [-0.15, -0.1) is 0 Å². The Morgan fingerprint density at radius 3 is 2.85 bits per heavy atom. The van der Waals surface area contributed by atoms with E-state index in [0.717, 1.165) is 18.8 Å². The van der Waals surface area contributed by atoms with Gasteiger partial charge in [-0.1, -0.05) is 13.0 Å². The maximum Gasteiger partial charge on any atom is 0.125 e. The molecule has 1 aromatic heterocycles. The molecule has 0 aliphatic rings. The molecule has 0 aliphatic carbocycles. The number of pyridine rings is 1. The van der Waals surface area contributed by atoms with E-state index in [9.17, 15) is 0 Å². The van der Waals surface area contributed by atoms with Crippen molar-refractivity contribution < 1.29 is 0 Å². The van der Waals surface area contributed by atoms with Crippen LogP contribution in [0.2, 0.25) is 0 Å². The second kappa shape index (κ2) is 4.82. The van der Waals surface area contributed by atoms with Crippen LogP contribution in [0.3, 0.4) is 0 Å². The summed E-state index contributed by atoms with van der Waals surface area (Å²) in [5, 5.41) is 3.19. The van der Waals surface area contributed by atoms with Gasteiger partial charge in [0.2, 0.25) is 0 Å². The van der Waals surface area contributed by atoms with Crippen LogP contribution in [-0.4, -0.2) is 17.6 Å². The van der Waals surface area contributed by atoms with Crippen molar-refractivity contribution >= 4 is 5.82 Å². The molecule has 0 saturated heterocycles. The van der Waals surface area contributed by atoms with E-state index in [1.54, 1.807) is 0 Å². The third-order valence-corrected chi connectivity index (χ3v) is 1.98. The zero-order valence-electron chi connectivity index (χ0n) is 8.25. The summed E-state index contributed by atoms with van der Waals surface area (Å²) in [5.41, 5.74) is 6.93. The summed E-state index contributed by atoms with van der Waals surface area (Å²) in [7, 11) is 0. The Hall–Kier alpha value is -1.09. The molecule has 0 aromatic carbocycles. The van der Waals surface area contributed by atoms with Gasteiger partial charge >= 0.3 is 0 Å². The third kappa shape index (κ3) is 3.42. The Kier molecular flexibility index (Phi) is 3.71. The molecule has 1 unspecified atom stereocenters. The maximum atomic E-state index is 5.76. The van der Waals surface area contributed by atoms with E-state index in [-0.39, 0.29) is 6.04 Å². The van der Waals surface area contributed by atoms with Crippen LogP contribution in [0.15, 0.2) is 18.3 Å². The van der Waals surface area contributed by atoms with Crippen molar-refractivity contribution in [3.8, 4) is 0 Å². The average molecular weight is 179 g/mol. The lowest BCUT2D eigenvalue weighted by Gasteiger charge is -2.10. The molecule has 0 fully saturated rings. The van der Waals surface area contributed by atoms with E-state index < -0.39 is 0 Å². The van der Waals surface area contributed by atoms with Crippen LogP contribution in [0.1, 0.15) is 18.9 Å². The number of aromatic nitrogens is 1. The SMILES string of the molecule is CCC(N)CNc1ccc(C)cn1. The van der Waals surface area contributed by atoms with Gasteiger partial charge in [0.15, 0.2) is 0 Å². The van der Waals surface area contributed by atoms with Crippen LogP contribution < -0.4 is 11.1 Å². The Labute approximate surface area is 79.4 Å². The number of nitrogens with two attached hydrogens (primary N) is 1. The minimum atomic E-state index is 0.211. The topological polar surface area (TPSA) is 50.9 Å². The zero-order valence-corrected chi connectivity index (χ0v) is 8.25. The molecule has 3 heteroatoms. The molecule has 0 saturated carbocycles. The summed E-state index contributed by atoms with van der Waals surface area (Å²) in [6.45, 7) is 4.88. The number of hydrogen-bond acceptors (Lipinski definition) is 3. The van der Waals surface area contributed by atoms with E-state index >= 15 is 0 Å². The highest BCUT2D eigenvalue weighted by atomic mass is 15.0. The number of nitrogens with zero attached hydrogens (tertiary/aromatic N) is 1. The Balaban J connectivity index is 2.41. The molecule has 0 radical (unpaired) electrons. The smallest absolute Gasteiger partial charge is 0.125 e. The predicted molar refractivity (Wildman–Crippen MR) is 55.7 cm³/mol. The van der Waals surface area contributed by atoms with E-state index in [2.05, 4.69) is 17.2 Å². The van der Waals surface area contributed by atoms with Crippen molar-refractivity contribution in [1.29, 1.82) is 0 Å². The fourth-order valence-electron chi connectivity index (χ4n) is 0.952. The monoisotopic (exact) mass is 179 g/mol. The molecule has 3 nitrogen and oxygen atoms in total. The highest BCUT2D eigenvalue weighted by molar-refractivity contribution is 5.35. The largest absolute Gasteiger partial charge is 0.369 e. The second-order valence-electron chi connectivity index (χ2n) is 3.27. The van der Waals surface area contributed by atoms with Crippen LogP contribution in [0.5, 0.6) is 0 Å². The van der Waals surface area contributed by atoms with Gasteiger partial charge < -0.3 is 11.1 Å². The molecule has 0 spiro atoms. The first-order valence-electron chi connectivity index (χ1n) is 4.64. The Morgan fingerprint density at radius 1 is 1.54 bits per heavy atom. The Morgan fingerprint density at radius 2 is 2.31 bits per heavy atom. The number of anilines is 1. The van der Waals surface area contributed by atoms with Crippen LogP contribution in [0, 0.1) is 6.92 Å². The molecule has 0 bridgehead atoms. The summed E-state index contributed by atoms with van der Waals surface area (Å²) >= 11 is 0. The first kappa shape index (κ1) is 9.99. The first-order valence-corrected chi connectivity index (χ1v) is 4.64. The van der Waals surface area contributed by atoms with Crippen molar-refractivity contribution in [2.24, 2.45) is 5.73 Å². The van der Waals surface area contributed by atoms with E-state index in [1.165, 1.54) is 5.56 Å². The minimum Gasteiger partial charge on any atom is -0.369 e. The highest BCUT2D eigenvalue weighted by Crippen LogP contribution is 2.03. The Bertz CT molecular complexity index is 243. The normalized spacial score (nSPS) is 12.5. The van der Waals surface area contributed by atoms with Crippen molar-refractivity contribution in [2.75, 3.05) is 11.9 Å². The summed E-state index contributed by atoms with van der Waals surface area (Å²) in [6.07, 6.45) is 2.83. The molecule has 13 heavy (non-hydrogen) atoms. The highest BCUT2D eigenvalue weighted by Gasteiger charge is 1.98. The second-order valence-corrected chi connectivity index (χ2v) is 3.27. The predicted octanol–water partition coefficient (Wildman–Crippen LogP) is 1.54. The van der Waals surface area contributed by atoms with Crippen molar-refractivity contribution in [2.45, 2.75) is 26.3 Å². The summed E-state index contributed by atoms with van der Waals surface area (Å²) in [5.74, 6) is 0.898. The first-order chi connectivity index (χ1) is 6.22. The average Bonchev–Trinajstić information content (AvgIpc) is 2.16. The molecule has 0 amide bonds. The molecule has 3 N–H and O–H groups in total. The quantitative estimate of drug-likeness (QED) is 0.737. The molecular formula is C10H17N3. The van der Waals surface area contributed by atoms with E-state index in [4.69, 9.17) is 5.73 Å². The summed E-state index contributed by atoms with van der Waals surface area (Å²) in [6, 6.07) is 4.22. The molecule has 0 aliphatic heterocycles. The zero-order chi connectivity index (χ0) is 9.68. The molecule has 1 heterocycles. The van der Waals surface area contributed by atoms with Crippen molar-refractivity contribution in [3.05, 3.63) is 23.9 Å². The van der Waals surface area contributed by atoms with E-state index in [0.29, 0.717) is 0 Å². The number of aryl methyl sites for hydroxylation is 1. The lowest BCUT2D eigenvalue weighted by atomic mass is 10.2. The summed E-state index contributed by atoms with van der Waals surface area (Å²) < 4.78 is 0. The molecule has 1 aromatic rings. The maximum absolute atomic E-state index is 5.76. The van der Waals surface area contributed by atoms with Crippen LogP contribution >= 0.6 is 0 Å². The van der Waals surface area contributed by atoms with Crippen molar-refractivity contribution in [1.82, 2.24) is 4.98 Å². The van der Waals surface area contributed by atoms with Crippen LogP contribution in [-0.2, 0) is 0 Å². The van der Waals surface area contributed by atoms with Crippen LogP contribution in [0.25, 0.3) is 0 Å². The van der Waals surface area contributed by atoms with Gasteiger partial charge in [0, 0.05) is 18.8 Å². The van der Waals surface area contributed by atoms with Gasteiger partial charge in [0.25, 0.3) is 0 Å². The fourth-order valence-corrected chi connectivity index (χ4v) is 0.952. The van der Waals surface area contributed by atoms with Gasteiger partial charge in [0.05, 0.1) is 0 Å². The number of nitrogens with one attached hydrogen (secondary N) is 1. The van der Waals surface area contributed by atoms with Gasteiger partial charge in [0.1, 0.15) is 5.82 Å².